The lowest BCUT2D eigenvalue weighted by Crippen LogP contribution is -2.30. The predicted molar refractivity (Wildman–Crippen MR) is 72.4 cm³/mol. The highest BCUT2D eigenvalue weighted by Gasteiger charge is 2.10. The van der Waals surface area contributed by atoms with Crippen molar-refractivity contribution in [3.05, 3.63) is 61.3 Å². The Morgan fingerprint density at radius 1 is 1.29 bits per heavy atom. The molecular formula is C13H8N4O4. The molecule has 0 spiro atoms. The van der Waals surface area contributed by atoms with Crippen LogP contribution in [0.3, 0.4) is 0 Å². The largest absolute Gasteiger partial charge is 0.419 e. The summed E-state index contributed by atoms with van der Waals surface area (Å²) in [6.07, 6.45) is 1.14. The number of nitrogens with one attached hydrogen (secondary N) is 1. The van der Waals surface area contributed by atoms with Gasteiger partial charge in [-0.2, -0.15) is 5.26 Å². The zero-order valence-electron chi connectivity index (χ0n) is 10.8. The van der Waals surface area contributed by atoms with E-state index in [9.17, 15) is 14.4 Å². The number of nitrogens with zero attached hydrogens (tertiary/aromatic N) is 3. The quantitative estimate of drug-likeness (QED) is 0.667. The van der Waals surface area contributed by atoms with Crippen LogP contribution in [0, 0.1) is 11.3 Å². The molecule has 1 N–H and O–H groups in total. The van der Waals surface area contributed by atoms with Crippen molar-refractivity contribution in [3.63, 3.8) is 0 Å². The number of benzene rings is 1. The maximum absolute atomic E-state index is 11.8. The minimum atomic E-state index is -0.744. The minimum Gasteiger partial charge on any atom is -0.408 e. The maximum Gasteiger partial charge on any atom is 0.419 e. The third-order valence-corrected chi connectivity index (χ3v) is 3.12. The smallest absolute Gasteiger partial charge is 0.408 e. The molecule has 0 aliphatic carbocycles. The average molecular weight is 284 g/mol. The number of H-pyrrole nitrogens is 1. The molecule has 0 saturated heterocycles. The molecule has 0 aliphatic rings. The molecule has 0 unspecified atom stereocenters. The van der Waals surface area contributed by atoms with Crippen LogP contribution in [-0.2, 0) is 7.05 Å². The van der Waals surface area contributed by atoms with Gasteiger partial charge in [-0.05, 0) is 12.1 Å². The van der Waals surface area contributed by atoms with E-state index in [0.717, 1.165) is 10.8 Å². The van der Waals surface area contributed by atoms with Crippen molar-refractivity contribution in [2.75, 3.05) is 0 Å². The first-order valence-electron chi connectivity index (χ1n) is 5.87. The zero-order chi connectivity index (χ0) is 15.1. The first-order chi connectivity index (χ1) is 10.0. The van der Waals surface area contributed by atoms with Gasteiger partial charge in [0.05, 0.1) is 11.2 Å². The minimum absolute atomic E-state index is 0.191. The second-order valence-electron chi connectivity index (χ2n) is 4.36. The van der Waals surface area contributed by atoms with E-state index in [1.165, 1.54) is 10.6 Å². The Labute approximate surface area is 116 Å². The fraction of sp³-hybridized carbons (Fsp3) is 0.0769. The molecule has 0 fully saturated rings. The molecule has 3 aromatic rings. The lowest BCUT2D eigenvalue weighted by Gasteiger charge is -2.04. The number of aromatic amines is 1. The van der Waals surface area contributed by atoms with Crippen molar-refractivity contribution in [2.24, 2.45) is 7.05 Å². The Morgan fingerprint density at radius 2 is 2.05 bits per heavy atom. The van der Waals surface area contributed by atoms with E-state index in [1.54, 1.807) is 25.2 Å². The van der Waals surface area contributed by atoms with Crippen LogP contribution < -0.4 is 17.0 Å². The first kappa shape index (κ1) is 12.7. The van der Waals surface area contributed by atoms with Crippen molar-refractivity contribution in [1.29, 1.82) is 5.26 Å². The van der Waals surface area contributed by atoms with Crippen LogP contribution in [-0.4, -0.2) is 14.1 Å². The lowest BCUT2D eigenvalue weighted by molar-refractivity contribution is 0.528. The number of aromatic nitrogens is 3. The Balaban J connectivity index is 2.31. The summed E-state index contributed by atoms with van der Waals surface area (Å²) in [4.78, 5) is 36.7. The number of aryl methyl sites for hydroxylation is 1. The standard InChI is InChI=1S/C13H8N4O4/c1-16-9-3-2-8(4-10(9)21-13(16)20)17-6-7(5-14)11(18)15-12(17)19/h2-4,6H,1H3,(H,15,18,19). The van der Waals surface area contributed by atoms with Crippen LogP contribution in [0.25, 0.3) is 16.8 Å². The van der Waals surface area contributed by atoms with Gasteiger partial charge in [0.2, 0.25) is 0 Å². The molecule has 0 bridgehead atoms. The fourth-order valence-corrected chi connectivity index (χ4v) is 2.01. The van der Waals surface area contributed by atoms with Crippen LogP contribution in [0.5, 0.6) is 0 Å². The number of hydrogen-bond acceptors (Lipinski definition) is 5. The highest BCUT2D eigenvalue weighted by Crippen LogP contribution is 2.16. The third-order valence-electron chi connectivity index (χ3n) is 3.12. The van der Waals surface area contributed by atoms with E-state index in [-0.39, 0.29) is 5.56 Å². The number of oxazole rings is 1. The van der Waals surface area contributed by atoms with Crippen LogP contribution >= 0.6 is 0 Å². The summed E-state index contributed by atoms with van der Waals surface area (Å²) in [5, 5.41) is 8.84. The Hall–Kier alpha value is -3.34. The van der Waals surface area contributed by atoms with Crippen LogP contribution in [0.4, 0.5) is 0 Å². The van der Waals surface area contributed by atoms with Gasteiger partial charge in [0.25, 0.3) is 5.56 Å². The predicted octanol–water partition coefficient (Wildman–Crippen LogP) is -0.158. The average Bonchev–Trinajstić information content (AvgIpc) is 2.74. The number of nitriles is 1. The van der Waals surface area contributed by atoms with Crippen LogP contribution in [0.2, 0.25) is 0 Å². The van der Waals surface area contributed by atoms with E-state index in [1.807, 2.05) is 0 Å². The van der Waals surface area contributed by atoms with E-state index >= 15 is 0 Å². The Kier molecular flexibility index (Phi) is 2.62. The molecular weight excluding hydrogens is 276 g/mol. The summed E-state index contributed by atoms with van der Waals surface area (Å²) in [5.41, 5.74) is -0.375. The summed E-state index contributed by atoms with van der Waals surface area (Å²) in [6.45, 7) is 0. The summed E-state index contributed by atoms with van der Waals surface area (Å²) >= 11 is 0. The van der Waals surface area contributed by atoms with Gasteiger partial charge >= 0.3 is 11.4 Å². The second kappa shape index (κ2) is 4.35. The normalized spacial score (nSPS) is 10.7. The maximum atomic E-state index is 11.8. The zero-order valence-corrected chi connectivity index (χ0v) is 10.8. The van der Waals surface area contributed by atoms with E-state index in [0.29, 0.717) is 16.8 Å². The molecule has 8 heteroatoms. The third kappa shape index (κ3) is 1.88. The van der Waals surface area contributed by atoms with E-state index < -0.39 is 17.0 Å². The van der Waals surface area contributed by atoms with Crippen LogP contribution in [0.15, 0.2) is 43.2 Å². The molecule has 1 aromatic carbocycles. The highest BCUT2D eigenvalue weighted by molar-refractivity contribution is 5.75. The first-order valence-corrected chi connectivity index (χ1v) is 5.87. The van der Waals surface area contributed by atoms with Crippen molar-refractivity contribution in [3.8, 4) is 11.8 Å². The molecule has 2 aromatic heterocycles. The van der Waals surface area contributed by atoms with Gasteiger partial charge in [-0.15, -0.1) is 0 Å². The summed E-state index contributed by atoms with van der Waals surface area (Å²) in [6, 6.07) is 6.38. The van der Waals surface area contributed by atoms with Crippen LogP contribution in [0.1, 0.15) is 5.56 Å². The summed E-state index contributed by atoms with van der Waals surface area (Å²) in [7, 11) is 1.56. The SMILES string of the molecule is Cn1c(=O)oc2cc(-n3cc(C#N)c(=O)[nH]c3=O)ccc21. The monoisotopic (exact) mass is 284 g/mol. The number of fused-ring (bicyclic) bond motifs is 1. The van der Waals surface area contributed by atoms with Crippen molar-refractivity contribution < 1.29 is 4.42 Å². The molecule has 2 heterocycles. The number of hydrogen-bond donors (Lipinski definition) is 1. The van der Waals surface area contributed by atoms with Crippen molar-refractivity contribution >= 4 is 11.1 Å². The van der Waals surface area contributed by atoms with Gasteiger partial charge in [0, 0.05) is 19.3 Å². The second-order valence-corrected chi connectivity index (χ2v) is 4.36. The molecule has 21 heavy (non-hydrogen) atoms. The highest BCUT2D eigenvalue weighted by atomic mass is 16.4. The van der Waals surface area contributed by atoms with Gasteiger partial charge in [-0.3, -0.25) is 18.9 Å². The topological polar surface area (TPSA) is 114 Å². The molecule has 0 atom stereocenters. The van der Waals surface area contributed by atoms with E-state index in [2.05, 4.69) is 4.98 Å². The molecule has 0 saturated carbocycles. The van der Waals surface area contributed by atoms with Crippen molar-refractivity contribution in [2.45, 2.75) is 0 Å². The van der Waals surface area contributed by atoms with Gasteiger partial charge in [0.1, 0.15) is 11.6 Å². The summed E-state index contributed by atoms with van der Waals surface area (Å²) < 4.78 is 7.47. The molecule has 8 nitrogen and oxygen atoms in total. The van der Waals surface area contributed by atoms with Gasteiger partial charge in [-0.1, -0.05) is 0 Å². The number of rotatable bonds is 1. The molecule has 3 rings (SSSR count). The van der Waals surface area contributed by atoms with E-state index in [4.69, 9.17) is 9.68 Å². The Morgan fingerprint density at radius 3 is 2.76 bits per heavy atom. The fourth-order valence-electron chi connectivity index (χ4n) is 2.01. The lowest BCUT2D eigenvalue weighted by atomic mass is 10.2. The molecule has 0 radical (unpaired) electrons. The van der Waals surface area contributed by atoms with Gasteiger partial charge in [-0.25, -0.2) is 9.59 Å². The Bertz CT molecular complexity index is 1070. The molecule has 0 amide bonds. The molecule has 0 aliphatic heterocycles. The van der Waals surface area contributed by atoms with Gasteiger partial charge in [0.15, 0.2) is 5.58 Å². The van der Waals surface area contributed by atoms with Crippen molar-refractivity contribution in [1.82, 2.24) is 14.1 Å². The van der Waals surface area contributed by atoms with Gasteiger partial charge < -0.3 is 4.42 Å². The molecule has 104 valence electrons. The summed E-state index contributed by atoms with van der Waals surface area (Å²) in [5.74, 6) is -0.520.